The topological polar surface area (TPSA) is 82.0 Å². The Hall–Kier alpha value is -3.78. The fourth-order valence-corrected chi connectivity index (χ4v) is 3.78. The molecule has 4 rings (SSSR count). The number of nitrogens with zero attached hydrogens (tertiary/aromatic N) is 1. The van der Waals surface area contributed by atoms with Crippen LogP contribution in [0.15, 0.2) is 88.4 Å². The van der Waals surface area contributed by atoms with Gasteiger partial charge in [0.25, 0.3) is 0 Å². The number of carbonyl (C=O) groups is 1. The van der Waals surface area contributed by atoms with Gasteiger partial charge in [-0.05, 0) is 55.0 Å². The maximum absolute atomic E-state index is 13.9. The van der Waals surface area contributed by atoms with Gasteiger partial charge in [-0.2, -0.15) is 8.42 Å². The fourth-order valence-electron chi connectivity index (χ4n) is 2.85. The van der Waals surface area contributed by atoms with E-state index in [0.29, 0.717) is 5.56 Å². The van der Waals surface area contributed by atoms with Crippen molar-refractivity contribution in [2.75, 3.05) is 0 Å². The van der Waals surface area contributed by atoms with Gasteiger partial charge in [-0.3, -0.25) is 0 Å². The van der Waals surface area contributed by atoms with Crippen LogP contribution in [0.2, 0.25) is 0 Å². The van der Waals surface area contributed by atoms with Crippen molar-refractivity contribution in [3.8, 4) is 5.75 Å². The quantitative estimate of drug-likeness (QED) is 0.339. The van der Waals surface area contributed by atoms with Gasteiger partial charge >= 0.3 is 16.1 Å². The van der Waals surface area contributed by atoms with Crippen molar-refractivity contribution in [2.45, 2.75) is 11.8 Å². The summed E-state index contributed by atoms with van der Waals surface area (Å²) in [4.78, 5) is 16.2. The Balaban J connectivity index is 1.60. The molecule has 31 heavy (non-hydrogen) atoms. The molecule has 0 spiro atoms. The molecule has 0 amide bonds. The van der Waals surface area contributed by atoms with E-state index in [1.807, 2.05) is 6.92 Å². The van der Waals surface area contributed by atoms with Crippen molar-refractivity contribution in [1.29, 1.82) is 0 Å². The number of esters is 1. The van der Waals surface area contributed by atoms with Crippen LogP contribution in [0.25, 0.3) is 6.08 Å². The minimum absolute atomic E-state index is 0.0281. The van der Waals surface area contributed by atoms with E-state index in [-0.39, 0.29) is 27.8 Å². The Kier molecular flexibility index (Phi) is 5.39. The molecule has 1 aliphatic heterocycles. The molecule has 0 N–H and O–H groups in total. The average Bonchev–Trinajstić information content (AvgIpc) is 3.08. The highest BCUT2D eigenvalue weighted by Gasteiger charge is 2.26. The summed E-state index contributed by atoms with van der Waals surface area (Å²) < 4.78 is 49.2. The summed E-state index contributed by atoms with van der Waals surface area (Å²) in [6.07, 6.45) is 1.40. The summed E-state index contributed by atoms with van der Waals surface area (Å²) in [7, 11) is -4.02. The normalized spacial score (nSPS) is 15.0. The molecular weight excluding hydrogens is 421 g/mol. The van der Waals surface area contributed by atoms with E-state index in [9.17, 15) is 17.6 Å². The first-order chi connectivity index (χ1) is 14.8. The van der Waals surface area contributed by atoms with Crippen LogP contribution in [-0.4, -0.2) is 20.3 Å². The van der Waals surface area contributed by atoms with Gasteiger partial charge in [0.2, 0.25) is 5.90 Å². The second kappa shape index (κ2) is 8.16. The smallest absolute Gasteiger partial charge is 0.363 e. The van der Waals surface area contributed by atoms with Gasteiger partial charge in [-0.25, -0.2) is 14.2 Å². The highest BCUT2D eigenvalue weighted by Crippen LogP contribution is 2.24. The summed E-state index contributed by atoms with van der Waals surface area (Å²) in [5, 5.41) is 0. The van der Waals surface area contributed by atoms with Crippen molar-refractivity contribution in [3.63, 3.8) is 0 Å². The van der Waals surface area contributed by atoms with Crippen LogP contribution in [0.5, 0.6) is 5.75 Å². The molecule has 3 aromatic carbocycles. The Labute approximate surface area is 178 Å². The van der Waals surface area contributed by atoms with Crippen LogP contribution >= 0.6 is 0 Å². The van der Waals surface area contributed by atoms with Crippen molar-refractivity contribution in [2.24, 2.45) is 4.99 Å². The molecule has 0 saturated heterocycles. The minimum atomic E-state index is -4.02. The number of carbonyl (C=O) groups excluding carboxylic acids is 1. The number of hydrogen-bond acceptors (Lipinski definition) is 6. The molecule has 6 nitrogen and oxygen atoms in total. The third-order valence-corrected chi connectivity index (χ3v) is 5.66. The molecule has 0 unspecified atom stereocenters. The van der Waals surface area contributed by atoms with Crippen molar-refractivity contribution in [1.82, 2.24) is 0 Å². The van der Waals surface area contributed by atoms with Gasteiger partial charge in [0.1, 0.15) is 16.5 Å². The molecule has 1 aliphatic rings. The molecule has 0 aromatic heterocycles. The predicted molar refractivity (Wildman–Crippen MR) is 112 cm³/mol. The monoisotopic (exact) mass is 437 g/mol. The van der Waals surface area contributed by atoms with E-state index in [4.69, 9.17) is 8.92 Å². The number of benzene rings is 3. The summed E-state index contributed by atoms with van der Waals surface area (Å²) in [5.74, 6) is -1.37. The van der Waals surface area contributed by atoms with Gasteiger partial charge in [-0.15, -0.1) is 0 Å². The maximum Gasteiger partial charge on any atom is 0.363 e. The van der Waals surface area contributed by atoms with Crippen LogP contribution < -0.4 is 4.18 Å². The standard InChI is InChI=1S/C23H16FNO5S/c1-15-9-11-18(12-10-15)31(27,28)30-17-6-4-5-16(13-17)14-21-23(26)29-22(25-21)19-7-2-3-8-20(19)24/h2-14H,1H3/b21-14+. The van der Waals surface area contributed by atoms with Gasteiger partial charge in [-0.1, -0.05) is 42.0 Å². The lowest BCUT2D eigenvalue weighted by Crippen LogP contribution is -2.09. The van der Waals surface area contributed by atoms with Crippen LogP contribution in [0.4, 0.5) is 4.39 Å². The molecule has 3 aromatic rings. The molecule has 0 atom stereocenters. The highest BCUT2D eigenvalue weighted by molar-refractivity contribution is 7.87. The van der Waals surface area contributed by atoms with Crippen molar-refractivity contribution in [3.05, 3.63) is 101 Å². The lowest BCUT2D eigenvalue weighted by atomic mass is 10.2. The maximum atomic E-state index is 13.9. The van der Waals surface area contributed by atoms with Gasteiger partial charge in [0.05, 0.1) is 5.56 Å². The van der Waals surface area contributed by atoms with E-state index in [1.54, 1.807) is 30.3 Å². The first kappa shape index (κ1) is 20.5. The van der Waals surface area contributed by atoms with E-state index in [1.165, 1.54) is 48.5 Å². The zero-order valence-corrected chi connectivity index (χ0v) is 17.1. The highest BCUT2D eigenvalue weighted by atomic mass is 32.2. The van der Waals surface area contributed by atoms with Crippen LogP contribution in [0.1, 0.15) is 16.7 Å². The Morgan fingerprint density at radius 3 is 2.48 bits per heavy atom. The molecule has 1 heterocycles. The van der Waals surface area contributed by atoms with Crippen molar-refractivity contribution >= 4 is 28.1 Å². The SMILES string of the molecule is Cc1ccc(S(=O)(=O)Oc2cccc(/C=C3/N=C(c4ccccc4F)OC3=O)c2)cc1. The van der Waals surface area contributed by atoms with Gasteiger partial charge in [0.15, 0.2) is 5.70 Å². The van der Waals surface area contributed by atoms with E-state index in [2.05, 4.69) is 4.99 Å². The van der Waals surface area contributed by atoms with Crippen molar-refractivity contribution < 1.29 is 26.5 Å². The molecule has 8 heteroatoms. The third kappa shape index (κ3) is 4.54. The molecular formula is C23H16FNO5S. The number of rotatable bonds is 5. The van der Waals surface area contributed by atoms with Crippen LogP contribution in [0.3, 0.4) is 0 Å². The first-order valence-corrected chi connectivity index (χ1v) is 10.6. The summed E-state index contributed by atoms with van der Waals surface area (Å²) in [6, 6.07) is 18.2. The second-order valence-corrected chi connectivity index (χ2v) is 8.29. The second-order valence-electron chi connectivity index (χ2n) is 6.74. The van der Waals surface area contributed by atoms with Gasteiger partial charge < -0.3 is 8.92 Å². The molecule has 0 fully saturated rings. The molecule has 0 aliphatic carbocycles. The average molecular weight is 437 g/mol. The third-order valence-electron chi connectivity index (χ3n) is 4.40. The summed E-state index contributed by atoms with van der Waals surface area (Å²) >= 11 is 0. The number of aliphatic imine (C=N–C) groups is 1. The number of halogens is 1. The number of hydrogen-bond donors (Lipinski definition) is 0. The number of ether oxygens (including phenoxy) is 1. The Morgan fingerprint density at radius 2 is 1.74 bits per heavy atom. The molecule has 0 radical (unpaired) electrons. The van der Waals surface area contributed by atoms with E-state index in [0.717, 1.165) is 5.56 Å². The number of aryl methyl sites for hydroxylation is 1. The number of cyclic esters (lactones) is 1. The summed E-state index contributed by atoms with van der Waals surface area (Å²) in [5.41, 5.74) is 1.41. The Bertz CT molecular complexity index is 1330. The van der Waals surface area contributed by atoms with Crippen LogP contribution in [0, 0.1) is 12.7 Å². The zero-order chi connectivity index (χ0) is 22.0. The zero-order valence-electron chi connectivity index (χ0n) is 16.3. The van der Waals surface area contributed by atoms with E-state index < -0.39 is 21.9 Å². The molecule has 0 saturated carbocycles. The fraction of sp³-hybridized carbons (Fsp3) is 0.0435. The lowest BCUT2D eigenvalue weighted by Gasteiger charge is -2.08. The Morgan fingerprint density at radius 1 is 1.00 bits per heavy atom. The summed E-state index contributed by atoms with van der Waals surface area (Å²) in [6.45, 7) is 1.85. The molecule has 0 bridgehead atoms. The lowest BCUT2D eigenvalue weighted by molar-refractivity contribution is -0.129. The first-order valence-electron chi connectivity index (χ1n) is 9.20. The predicted octanol–water partition coefficient (Wildman–Crippen LogP) is 4.25. The largest absolute Gasteiger partial charge is 0.402 e. The minimum Gasteiger partial charge on any atom is -0.402 e. The van der Waals surface area contributed by atoms with Gasteiger partial charge in [0, 0.05) is 0 Å². The van der Waals surface area contributed by atoms with Crippen LogP contribution in [-0.2, 0) is 19.6 Å². The van der Waals surface area contributed by atoms with E-state index >= 15 is 0 Å². The molecule has 156 valence electrons.